The summed E-state index contributed by atoms with van der Waals surface area (Å²) in [5.41, 5.74) is 1.81. The zero-order chi connectivity index (χ0) is 21.7. The quantitative estimate of drug-likeness (QED) is 0.533. The number of benzene rings is 1. The van der Waals surface area contributed by atoms with E-state index in [0.29, 0.717) is 35.4 Å². The Balaban J connectivity index is 1.30. The number of aromatic nitrogens is 1. The van der Waals surface area contributed by atoms with Gasteiger partial charge < -0.3 is 18.6 Å². The largest absolute Gasteiger partial charge is 0.484 e. The zero-order valence-corrected chi connectivity index (χ0v) is 18.6. The lowest BCUT2D eigenvalue weighted by atomic mass is 9.83. The lowest BCUT2D eigenvalue weighted by molar-refractivity contribution is -0.136. The summed E-state index contributed by atoms with van der Waals surface area (Å²) in [5.74, 6) is 0.822. The fraction of sp³-hybridized carbons (Fsp3) is 0.348. The summed E-state index contributed by atoms with van der Waals surface area (Å²) in [6, 6.07) is 10.6. The van der Waals surface area contributed by atoms with Gasteiger partial charge in [0.2, 0.25) is 0 Å². The number of nitrogens with zero attached hydrogens (tertiary/aromatic N) is 2. The third-order valence-electron chi connectivity index (χ3n) is 6.26. The van der Waals surface area contributed by atoms with Crippen LogP contribution in [0.25, 0.3) is 11.0 Å². The molecule has 2 aromatic heterocycles. The number of pyridine rings is 1. The summed E-state index contributed by atoms with van der Waals surface area (Å²) >= 11 is 3.24. The van der Waals surface area contributed by atoms with Crippen molar-refractivity contribution in [1.82, 2.24) is 9.47 Å². The van der Waals surface area contributed by atoms with Crippen LogP contribution in [0.3, 0.4) is 0 Å². The van der Waals surface area contributed by atoms with Crippen molar-refractivity contribution in [3.05, 3.63) is 72.9 Å². The van der Waals surface area contributed by atoms with E-state index in [1.807, 2.05) is 28.5 Å². The smallest absolute Gasteiger partial charge is 0.350 e. The van der Waals surface area contributed by atoms with E-state index in [9.17, 15) is 14.4 Å². The van der Waals surface area contributed by atoms with Crippen molar-refractivity contribution in [2.45, 2.75) is 25.8 Å². The van der Waals surface area contributed by atoms with E-state index in [4.69, 9.17) is 9.15 Å². The number of aryl methyl sites for hydroxylation is 1. The fourth-order valence-corrected chi connectivity index (χ4v) is 5.03. The van der Waals surface area contributed by atoms with Gasteiger partial charge in [0.05, 0.1) is 0 Å². The first-order valence-corrected chi connectivity index (χ1v) is 11.0. The number of likely N-dealkylation sites (tertiary alicyclic amines) is 1. The van der Waals surface area contributed by atoms with E-state index in [2.05, 4.69) is 15.9 Å². The molecule has 1 saturated heterocycles. The van der Waals surface area contributed by atoms with Gasteiger partial charge in [0.15, 0.2) is 6.61 Å². The Kier molecular flexibility index (Phi) is 4.97. The van der Waals surface area contributed by atoms with Crippen molar-refractivity contribution in [1.29, 1.82) is 0 Å². The topological polar surface area (TPSA) is 81.8 Å². The highest BCUT2D eigenvalue weighted by molar-refractivity contribution is 9.10. The number of carbonyl (C=O) groups is 1. The summed E-state index contributed by atoms with van der Waals surface area (Å²) in [4.78, 5) is 38.7. The Morgan fingerprint density at radius 3 is 2.87 bits per heavy atom. The number of halogens is 1. The maximum atomic E-state index is 12.9. The average Bonchev–Trinajstić information content (AvgIpc) is 2.76. The second-order valence-corrected chi connectivity index (χ2v) is 9.07. The molecule has 5 rings (SSSR count). The number of piperidine rings is 1. The standard InChI is InChI=1S/C23H21BrN2O5/c1-13-17-6-5-16(8-19(17)31-23(29)22(13)24)30-12-21(28)25-9-14-7-15(11-25)18-3-2-4-20(27)26(18)10-14/h2-6,8,14-15H,7,9-12H2,1H3/t14-,15+/m1/s1. The molecule has 0 saturated carbocycles. The van der Waals surface area contributed by atoms with E-state index >= 15 is 0 Å². The molecule has 4 heterocycles. The van der Waals surface area contributed by atoms with Crippen molar-refractivity contribution < 1.29 is 13.9 Å². The Morgan fingerprint density at radius 1 is 1.19 bits per heavy atom. The molecule has 2 aliphatic heterocycles. The minimum Gasteiger partial charge on any atom is -0.484 e. The van der Waals surface area contributed by atoms with Gasteiger partial charge in [0, 0.05) is 48.8 Å². The molecule has 0 spiro atoms. The third-order valence-corrected chi connectivity index (χ3v) is 7.18. The van der Waals surface area contributed by atoms with Crippen LogP contribution in [0.1, 0.15) is 23.6 Å². The number of amides is 1. The van der Waals surface area contributed by atoms with Crippen LogP contribution in [-0.2, 0) is 11.3 Å². The van der Waals surface area contributed by atoms with Gasteiger partial charge in [-0.15, -0.1) is 0 Å². The van der Waals surface area contributed by atoms with Gasteiger partial charge in [0.1, 0.15) is 15.8 Å². The van der Waals surface area contributed by atoms with Crippen molar-refractivity contribution in [2.24, 2.45) is 5.92 Å². The summed E-state index contributed by atoms with van der Waals surface area (Å²) in [7, 11) is 0. The maximum Gasteiger partial charge on any atom is 0.350 e. The number of fused-ring (bicyclic) bond motifs is 5. The molecule has 0 radical (unpaired) electrons. The summed E-state index contributed by atoms with van der Waals surface area (Å²) in [6.45, 7) is 3.61. The molecule has 0 aliphatic carbocycles. The SMILES string of the molecule is Cc1c(Br)c(=O)oc2cc(OCC(=O)N3C[C@H]4C[C@@H](C3)c3cccc(=O)n3C4)ccc12. The number of hydrogen-bond acceptors (Lipinski definition) is 5. The first-order valence-electron chi connectivity index (χ1n) is 10.2. The van der Waals surface area contributed by atoms with Crippen LogP contribution < -0.4 is 15.9 Å². The van der Waals surface area contributed by atoms with E-state index < -0.39 is 5.63 Å². The van der Waals surface area contributed by atoms with Gasteiger partial charge in [-0.3, -0.25) is 9.59 Å². The Bertz CT molecular complexity index is 1310. The fourth-order valence-electron chi connectivity index (χ4n) is 4.74. The molecule has 7 nitrogen and oxygen atoms in total. The summed E-state index contributed by atoms with van der Waals surface area (Å²) < 4.78 is 13.3. The zero-order valence-electron chi connectivity index (χ0n) is 17.0. The van der Waals surface area contributed by atoms with Gasteiger partial charge in [-0.2, -0.15) is 0 Å². The minimum atomic E-state index is -0.447. The molecule has 0 unspecified atom stereocenters. The van der Waals surface area contributed by atoms with Crippen molar-refractivity contribution in [3.8, 4) is 5.75 Å². The number of rotatable bonds is 3. The maximum absolute atomic E-state index is 12.9. The van der Waals surface area contributed by atoms with Crippen molar-refractivity contribution >= 4 is 32.8 Å². The second-order valence-electron chi connectivity index (χ2n) is 8.27. The van der Waals surface area contributed by atoms with Crippen LogP contribution >= 0.6 is 15.9 Å². The molecule has 0 N–H and O–H groups in total. The van der Waals surface area contributed by atoms with E-state index in [1.54, 1.807) is 24.3 Å². The highest BCUT2D eigenvalue weighted by Gasteiger charge is 2.36. The molecular weight excluding hydrogens is 464 g/mol. The van der Waals surface area contributed by atoms with Gasteiger partial charge in [0.25, 0.3) is 11.5 Å². The number of ether oxygens (including phenoxy) is 1. The number of hydrogen-bond donors (Lipinski definition) is 0. The van der Waals surface area contributed by atoms with Crippen LogP contribution in [0.4, 0.5) is 0 Å². The summed E-state index contributed by atoms with van der Waals surface area (Å²) in [5, 5.41) is 0.808. The van der Waals surface area contributed by atoms with E-state index in [0.717, 1.165) is 23.1 Å². The monoisotopic (exact) mass is 484 g/mol. The number of carbonyl (C=O) groups excluding carboxylic acids is 1. The molecule has 2 aliphatic rings. The van der Waals surface area contributed by atoms with E-state index in [-0.39, 0.29) is 29.9 Å². The normalized spacial score (nSPS) is 19.9. The molecule has 160 valence electrons. The Morgan fingerprint density at radius 2 is 2.03 bits per heavy atom. The molecule has 31 heavy (non-hydrogen) atoms. The Labute approximate surface area is 186 Å². The van der Waals surface area contributed by atoms with Crippen LogP contribution in [0.5, 0.6) is 5.75 Å². The molecular formula is C23H21BrN2O5. The van der Waals surface area contributed by atoms with Crippen molar-refractivity contribution in [2.75, 3.05) is 19.7 Å². The third kappa shape index (κ3) is 3.59. The van der Waals surface area contributed by atoms with Gasteiger partial charge >= 0.3 is 5.63 Å². The van der Waals surface area contributed by atoms with Crippen LogP contribution in [-0.4, -0.2) is 35.1 Å². The lowest BCUT2D eigenvalue weighted by Crippen LogP contribution is -2.50. The van der Waals surface area contributed by atoms with Crippen molar-refractivity contribution in [3.63, 3.8) is 0 Å². The predicted molar refractivity (Wildman–Crippen MR) is 119 cm³/mol. The van der Waals surface area contributed by atoms with Gasteiger partial charge in [-0.1, -0.05) is 6.07 Å². The lowest BCUT2D eigenvalue weighted by Gasteiger charge is -2.42. The minimum absolute atomic E-state index is 0.0283. The van der Waals surface area contributed by atoms with E-state index in [1.165, 1.54) is 0 Å². The molecule has 1 aromatic carbocycles. The van der Waals surface area contributed by atoms with Crippen LogP contribution in [0, 0.1) is 12.8 Å². The molecule has 3 aromatic rings. The predicted octanol–water partition coefficient (Wildman–Crippen LogP) is 3.05. The highest BCUT2D eigenvalue weighted by Crippen LogP contribution is 2.35. The second kappa shape index (κ2) is 7.67. The summed E-state index contributed by atoms with van der Waals surface area (Å²) in [6.07, 6.45) is 0.993. The molecule has 1 amide bonds. The van der Waals surface area contributed by atoms with Gasteiger partial charge in [-0.25, -0.2) is 4.79 Å². The first-order chi connectivity index (χ1) is 14.9. The van der Waals surface area contributed by atoms with Crippen LogP contribution in [0.2, 0.25) is 0 Å². The molecule has 2 bridgehead atoms. The average molecular weight is 485 g/mol. The van der Waals surface area contributed by atoms with Gasteiger partial charge in [-0.05, 0) is 59.0 Å². The molecule has 8 heteroatoms. The molecule has 2 atom stereocenters. The molecule has 1 fully saturated rings. The Hall–Kier alpha value is -2.87. The highest BCUT2D eigenvalue weighted by atomic mass is 79.9. The first kappa shape index (κ1) is 20.1. The van der Waals surface area contributed by atoms with Crippen LogP contribution in [0.15, 0.2) is 54.9 Å².